The van der Waals surface area contributed by atoms with Gasteiger partial charge in [0.2, 0.25) is 0 Å². The van der Waals surface area contributed by atoms with Crippen molar-refractivity contribution in [3.63, 3.8) is 0 Å². The summed E-state index contributed by atoms with van der Waals surface area (Å²) < 4.78 is 12.7. The summed E-state index contributed by atoms with van der Waals surface area (Å²) in [7, 11) is 0. The molecule has 20 heavy (non-hydrogen) atoms. The Bertz CT molecular complexity index is 430. The molecule has 1 N–H and O–H groups in total. The van der Waals surface area contributed by atoms with Crippen LogP contribution in [0.3, 0.4) is 0 Å². The first-order valence-electron chi connectivity index (χ1n) is 8.63. The zero-order valence-corrected chi connectivity index (χ0v) is 12.5. The maximum Gasteiger partial charge on any atom is 0.0701 e. The number of ether oxygens (including phenoxy) is 2. The molecule has 0 aromatic heterocycles. The van der Waals surface area contributed by atoms with E-state index in [0.717, 1.165) is 19.3 Å². The highest BCUT2D eigenvalue weighted by Gasteiger charge is 2.70. The molecular formula is C17H26O3. The molecule has 0 aromatic rings. The molecule has 9 unspecified atom stereocenters. The third kappa shape index (κ3) is 1.29. The maximum absolute atomic E-state index is 11.0. The number of fused-ring (bicyclic) bond motifs is 9. The molecule has 0 amide bonds. The zero-order valence-electron chi connectivity index (χ0n) is 12.5. The van der Waals surface area contributed by atoms with Crippen molar-refractivity contribution in [2.75, 3.05) is 0 Å². The lowest BCUT2D eigenvalue weighted by molar-refractivity contribution is -0.0659. The molecule has 0 spiro atoms. The van der Waals surface area contributed by atoms with Gasteiger partial charge in [0.05, 0.1) is 30.0 Å². The Hall–Kier alpha value is -0.120. The van der Waals surface area contributed by atoms with Crippen LogP contribution in [0.4, 0.5) is 0 Å². The normalized spacial score (nSPS) is 62.2. The summed E-state index contributed by atoms with van der Waals surface area (Å²) in [5.74, 6) is 2.90. The Morgan fingerprint density at radius 1 is 0.900 bits per heavy atom. The summed E-state index contributed by atoms with van der Waals surface area (Å²) in [6.07, 6.45) is 6.89. The van der Waals surface area contributed by atoms with E-state index < -0.39 is 5.60 Å². The second kappa shape index (κ2) is 3.80. The van der Waals surface area contributed by atoms with Crippen molar-refractivity contribution in [3.8, 4) is 0 Å². The molecule has 1 saturated carbocycles. The monoisotopic (exact) mass is 278 g/mol. The van der Waals surface area contributed by atoms with Crippen LogP contribution in [0, 0.1) is 29.6 Å². The van der Waals surface area contributed by atoms with E-state index in [1.54, 1.807) is 0 Å². The summed E-state index contributed by atoms with van der Waals surface area (Å²) in [6, 6.07) is 0. The van der Waals surface area contributed by atoms with Crippen LogP contribution in [0.25, 0.3) is 0 Å². The van der Waals surface area contributed by atoms with Gasteiger partial charge < -0.3 is 14.6 Å². The Balaban J connectivity index is 1.46. The molecule has 4 bridgehead atoms. The van der Waals surface area contributed by atoms with Crippen LogP contribution in [0.15, 0.2) is 0 Å². The minimum Gasteiger partial charge on any atom is -0.389 e. The average Bonchev–Trinajstić information content (AvgIpc) is 3.17. The summed E-state index contributed by atoms with van der Waals surface area (Å²) >= 11 is 0. The van der Waals surface area contributed by atoms with Crippen molar-refractivity contribution in [1.29, 1.82) is 0 Å². The van der Waals surface area contributed by atoms with Gasteiger partial charge >= 0.3 is 0 Å². The summed E-state index contributed by atoms with van der Waals surface area (Å²) in [6.45, 7) is 4.69. The van der Waals surface area contributed by atoms with E-state index in [4.69, 9.17) is 9.47 Å². The Kier molecular flexibility index (Phi) is 2.36. The quantitative estimate of drug-likeness (QED) is 0.800. The van der Waals surface area contributed by atoms with Gasteiger partial charge in [-0.2, -0.15) is 0 Å². The lowest BCUT2D eigenvalue weighted by atomic mass is 9.59. The van der Waals surface area contributed by atoms with Crippen molar-refractivity contribution >= 4 is 0 Å². The molecular weight excluding hydrogens is 252 g/mol. The van der Waals surface area contributed by atoms with Gasteiger partial charge in [0.15, 0.2) is 0 Å². The predicted octanol–water partition coefficient (Wildman–Crippen LogP) is 2.36. The van der Waals surface area contributed by atoms with Crippen LogP contribution in [-0.2, 0) is 9.47 Å². The number of rotatable bonds is 1. The summed E-state index contributed by atoms with van der Waals surface area (Å²) in [5.41, 5.74) is -0.429. The molecule has 5 fully saturated rings. The summed E-state index contributed by atoms with van der Waals surface area (Å²) in [4.78, 5) is 0. The zero-order chi connectivity index (χ0) is 13.6. The first kappa shape index (κ1) is 12.4. The largest absolute Gasteiger partial charge is 0.389 e. The highest BCUT2D eigenvalue weighted by Crippen LogP contribution is 2.63. The standard InChI is InChI=1S/C17H26O3/c1-8-9(2)15-13-12(14(8)20-15)11-7-10(16(13)19-11)17(18)5-3-4-6-17/h8-16,18H,3-7H2,1-2H3. The average molecular weight is 278 g/mol. The van der Waals surface area contributed by atoms with Gasteiger partial charge in [-0.1, -0.05) is 26.7 Å². The minimum absolute atomic E-state index is 0.276. The van der Waals surface area contributed by atoms with E-state index in [0.29, 0.717) is 47.9 Å². The van der Waals surface area contributed by atoms with Gasteiger partial charge in [-0.15, -0.1) is 0 Å². The maximum atomic E-state index is 11.0. The third-order valence-electron chi connectivity index (χ3n) is 7.57. The Morgan fingerprint density at radius 3 is 2.25 bits per heavy atom. The number of hydrogen-bond donors (Lipinski definition) is 1. The van der Waals surface area contributed by atoms with Gasteiger partial charge in [0, 0.05) is 17.8 Å². The molecule has 9 atom stereocenters. The molecule has 3 heteroatoms. The molecule has 4 aliphatic heterocycles. The molecule has 0 radical (unpaired) electrons. The van der Waals surface area contributed by atoms with Gasteiger partial charge in [-0.3, -0.25) is 0 Å². The smallest absolute Gasteiger partial charge is 0.0701 e. The van der Waals surface area contributed by atoms with Crippen molar-refractivity contribution in [2.45, 2.75) is 76.0 Å². The van der Waals surface area contributed by atoms with Crippen LogP contribution >= 0.6 is 0 Å². The molecule has 5 aliphatic rings. The minimum atomic E-state index is -0.429. The van der Waals surface area contributed by atoms with Crippen molar-refractivity contribution in [1.82, 2.24) is 0 Å². The van der Waals surface area contributed by atoms with E-state index in [1.807, 2.05) is 0 Å². The highest BCUT2D eigenvalue weighted by atomic mass is 16.5. The van der Waals surface area contributed by atoms with E-state index in [9.17, 15) is 5.11 Å². The fourth-order valence-electron chi connectivity index (χ4n) is 6.44. The van der Waals surface area contributed by atoms with Crippen LogP contribution in [0.1, 0.15) is 46.0 Å². The predicted molar refractivity (Wildman–Crippen MR) is 74.2 cm³/mol. The van der Waals surface area contributed by atoms with Gasteiger partial charge in [-0.25, -0.2) is 0 Å². The van der Waals surface area contributed by atoms with Crippen LogP contribution in [-0.4, -0.2) is 35.1 Å². The summed E-state index contributed by atoms with van der Waals surface area (Å²) in [5, 5.41) is 11.0. The van der Waals surface area contributed by atoms with E-state index in [1.165, 1.54) is 12.8 Å². The van der Waals surface area contributed by atoms with Gasteiger partial charge in [0.25, 0.3) is 0 Å². The van der Waals surface area contributed by atoms with Gasteiger partial charge in [-0.05, 0) is 31.1 Å². The molecule has 3 nitrogen and oxygen atoms in total. The SMILES string of the molecule is CC1C(C)C2OC1C1C3CC(C4(O)CCCC4)C(O3)C21. The second-order valence-corrected chi connectivity index (χ2v) is 8.23. The third-order valence-corrected chi connectivity index (χ3v) is 7.57. The van der Waals surface area contributed by atoms with Crippen LogP contribution in [0.5, 0.6) is 0 Å². The number of hydrogen-bond acceptors (Lipinski definition) is 3. The topological polar surface area (TPSA) is 38.7 Å². The van der Waals surface area contributed by atoms with Crippen molar-refractivity contribution in [2.24, 2.45) is 29.6 Å². The van der Waals surface area contributed by atoms with Crippen LogP contribution in [0.2, 0.25) is 0 Å². The van der Waals surface area contributed by atoms with E-state index >= 15 is 0 Å². The molecule has 1 aliphatic carbocycles. The lowest BCUT2D eigenvalue weighted by Gasteiger charge is -2.42. The molecule has 0 aromatic carbocycles. The van der Waals surface area contributed by atoms with E-state index in [2.05, 4.69) is 13.8 Å². The Morgan fingerprint density at radius 2 is 1.55 bits per heavy atom. The second-order valence-electron chi connectivity index (χ2n) is 8.23. The first-order chi connectivity index (χ1) is 9.60. The molecule has 4 saturated heterocycles. The van der Waals surface area contributed by atoms with Crippen molar-refractivity contribution in [3.05, 3.63) is 0 Å². The first-order valence-corrected chi connectivity index (χ1v) is 8.63. The fraction of sp³-hybridized carbons (Fsp3) is 1.00. The lowest BCUT2D eigenvalue weighted by Crippen LogP contribution is -2.51. The highest BCUT2D eigenvalue weighted by molar-refractivity contribution is 5.17. The van der Waals surface area contributed by atoms with Crippen molar-refractivity contribution < 1.29 is 14.6 Å². The fourth-order valence-corrected chi connectivity index (χ4v) is 6.44. The van der Waals surface area contributed by atoms with Crippen LogP contribution < -0.4 is 0 Å². The van der Waals surface area contributed by atoms with E-state index in [-0.39, 0.29) is 6.10 Å². The Labute approximate surface area is 121 Å². The molecule has 112 valence electrons. The number of aliphatic hydroxyl groups is 1. The van der Waals surface area contributed by atoms with Gasteiger partial charge in [0.1, 0.15) is 0 Å². The molecule has 4 heterocycles. The molecule has 5 rings (SSSR count).